The van der Waals surface area contributed by atoms with Crippen LogP contribution >= 0.6 is 8.60 Å². The highest BCUT2D eigenvalue weighted by atomic mass is 31.2. The van der Waals surface area contributed by atoms with Gasteiger partial charge in [-0.2, -0.15) is 0 Å². The molecule has 0 radical (unpaired) electrons. The molecule has 1 heterocycles. The van der Waals surface area contributed by atoms with Crippen LogP contribution in [-0.4, -0.2) is 5.11 Å². The number of hydrogen-bond acceptors (Lipinski definition) is 4. The van der Waals surface area contributed by atoms with Gasteiger partial charge in [0.2, 0.25) is 0 Å². The van der Waals surface area contributed by atoms with Gasteiger partial charge in [0.1, 0.15) is 23.0 Å². The number of fused-ring (bicyclic) bond motifs is 2. The van der Waals surface area contributed by atoms with Gasteiger partial charge in [-0.1, -0.05) is 179 Å². The van der Waals surface area contributed by atoms with Crippen molar-refractivity contribution in [2.24, 2.45) is 0 Å². The number of phenolic OH excluding ortho intramolecular Hbond substituents is 1. The lowest BCUT2D eigenvalue weighted by atomic mass is 9.72. The number of benzene rings is 4. The number of aromatic hydroxyl groups is 1. The first-order chi connectivity index (χ1) is 27.9. The van der Waals surface area contributed by atoms with Crippen LogP contribution in [0.25, 0.3) is 11.1 Å². The Hall–Kier alpha value is -3.49. The normalized spacial score (nSPS) is 16.5. The van der Waals surface area contributed by atoms with E-state index in [1.807, 2.05) is 0 Å². The van der Waals surface area contributed by atoms with Gasteiger partial charge in [0.15, 0.2) is 0 Å². The van der Waals surface area contributed by atoms with E-state index in [1.165, 1.54) is 22.3 Å². The number of aryl methyl sites for hydroxylation is 2. The molecule has 0 bridgehead atoms. The van der Waals surface area contributed by atoms with Gasteiger partial charge in [-0.25, -0.2) is 0 Å². The molecule has 5 rings (SSSR count). The van der Waals surface area contributed by atoms with Crippen LogP contribution in [0.5, 0.6) is 23.0 Å². The average Bonchev–Trinajstić information content (AvgIpc) is 3.17. The van der Waals surface area contributed by atoms with Crippen LogP contribution in [-0.2, 0) is 32.5 Å². The molecule has 0 saturated heterocycles. The lowest BCUT2D eigenvalue weighted by Gasteiger charge is -2.36. The summed E-state index contributed by atoms with van der Waals surface area (Å²) in [6.45, 7) is 47.5. The molecule has 1 aliphatic rings. The molecule has 0 atom stereocenters. The van der Waals surface area contributed by atoms with Gasteiger partial charge in [-0.3, -0.25) is 0 Å². The van der Waals surface area contributed by atoms with Crippen molar-refractivity contribution >= 4 is 8.60 Å². The summed E-state index contributed by atoms with van der Waals surface area (Å²) < 4.78 is 22.3. The van der Waals surface area contributed by atoms with E-state index in [9.17, 15) is 5.11 Å². The topological polar surface area (TPSA) is 47.9 Å². The molecule has 61 heavy (non-hydrogen) atoms. The molecule has 4 aromatic carbocycles. The highest BCUT2D eigenvalue weighted by Crippen LogP contribution is 2.58. The second-order valence-corrected chi connectivity index (χ2v) is 23.9. The second kappa shape index (κ2) is 16.9. The SMILES string of the molecule is CCC(C)(C)c1cc(-c2cc(C(C)(C)CC)cc(C(C)(C)CC)c2OP2Oc3c(cc(C)cc3C(C)(C)C)C(C)c3cc(C)cc(C(C)(C)C)c3O2)c(O)c(C(C)(C)CC)c1. The maximum absolute atomic E-state index is 12.8. The van der Waals surface area contributed by atoms with Gasteiger partial charge >= 0.3 is 8.60 Å². The van der Waals surface area contributed by atoms with E-state index < -0.39 is 8.60 Å². The van der Waals surface area contributed by atoms with E-state index >= 15 is 0 Å². The van der Waals surface area contributed by atoms with Gasteiger partial charge in [0, 0.05) is 50.4 Å². The maximum Gasteiger partial charge on any atom is 0.530 e. The lowest BCUT2D eigenvalue weighted by molar-refractivity contribution is 0.361. The van der Waals surface area contributed by atoms with E-state index in [4.69, 9.17) is 13.6 Å². The third-order valence-electron chi connectivity index (χ3n) is 14.6. The quantitative estimate of drug-likeness (QED) is 0.153. The Balaban J connectivity index is 1.98. The minimum Gasteiger partial charge on any atom is -0.507 e. The third kappa shape index (κ3) is 9.56. The molecule has 5 heteroatoms. The minimum absolute atomic E-state index is 0.00630. The zero-order chi connectivity index (χ0) is 46.0. The Morgan fingerprint density at radius 1 is 0.508 bits per heavy atom. The third-order valence-corrected chi connectivity index (χ3v) is 15.6. The Kier molecular flexibility index (Phi) is 13.4. The van der Waals surface area contributed by atoms with Crippen LogP contribution in [0, 0.1) is 13.8 Å². The first kappa shape index (κ1) is 48.5. The summed E-state index contributed by atoms with van der Waals surface area (Å²) in [6, 6.07) is 18.3. The fourth-order valence-electron chi connectivity index (χ4n) is 8.37. The van der Waals surface area contributed by atoms with Crippen LogP contribution < -0.4 is 13.6 Å². The molecule has 0 amide bonds. The Labute approximate surface area is 373 Å². The Morgan fingerprint density at radius 3 is 1.28 bits per heavy atom. The monoisotopic (exact) mass is 849 g/mol. The summed E-state index contributed by atoms with van der Waals surface area (Å²) in [5.74, 6) is 2.70. The average molecular weight is 849 g/mol. The van der Waals surface area contributed by atoms with E-state index in [1.54, 1.807) is 0 Å². The summed E-state index contributed by atoms with van der Waals surface area (Å²) in [7, 11) is -2.10. The molecule has 0 fully saturated rings. The molecule has 0 saturated carbocycles. The molecule has 1 N–H and O–H groups in total. The first-order valence-corrected chi connectivity index (χ1v) is 24.2. The van der Waals surface area contributed by atoms with Crippen molar-refractivity contribution in [1.82, 2.24) is 0 Å². The van der Waals surface area contributed by atoms with Crippen molar-refractivity contribution in [3.8, 4) is 34.1 Å². The standard InChI is InChI=1S/C56H81O4P/c1-22-53(14,15)37-30-41(47(57)43(32-37)55(18,19)24-3)42-31-38(54(16,17)23-2)33-46(56(20,21)25-4)50(42)60-61-58-48-39(26-34(5)28-44(48)51(8,9)10)36(7)40-27-35(6)29-45(49(40)59-61)52(11,12)13/h26-33,36,57H,22-25H2,1-21H3. The molecular weight excluding hydrogens is 768 g/mol. The van der Waals surface area contributed by atoms with Crippen LogP contribution in [0.1, 0.15) is 219 Å². The summed E-state index contributed by atoms with van der Waals surface area (Å²) in [5.41, 5.74) is 11.8. The summed E-state index contributed by atoms with van der Waals surface area (Å²) in [4.78, 5) is 0. The molecule has 4 aromatic rings. The molecule has 0 aromatic heterocycles. The molecular formula is C56H81O4P. The van der Waals surface area contributed by atoms with Crippen molar-refractivity contribution in [2.45, 2.75) is 209 Å². The maximum atomic E-state index is 12.8. The molecule has 4 nitrogen and oxygen atoms in total. The van der Waals surface area contributed by atoms with Crippen molar-refractivity contribution in [3.05, 3.63) is 104 Å². The van der Waals surface area contributed by atoms with Crippen molar-refractivity contribution in [2.75, 3.05) is 0 Å². The van der Waals surface area contributed by atoms with E-state index in [-0.39, 0.29) is 38.4 Å². The van der Waals surface area contributed by atoms with Gasteiger partial charge in [-0.05, 0) is 95.3 Å². The van der Waals surface area contributed by atoms with E-state index in [0.717, 1.165) is 81.7 Å². The van der Waals surface area contributed by atoms with E-state index in [0.29, 0.717) is 11.5 Å². The van der Waals surface area contributed by atoms with Gasteiger partial charge < -0.3 is 18.7 Å². The fraction of sp³-hybridized carbons (Fsp3) is 0.571. The number of rotatable bonds is 11. The number of phenols is 1. The second-order valence-electron chi connectivity index (χ2n) is 23.0. The van der Waals surface area contributed by atoms with Gasteiger partial charge in [0.05, 0.1) is 0 Å². The Bertz CT molecular complexity index is 2180. The van der Waals surface area contributed by atoms with Crippen molar-refractivity contribution in [3.63, 3.8) is 0 Å². The molecule has 0 aliphatic carbocycles. The predicted molar refractivity (Wildman–Crippen MR) is 263 cm³/mol. The summed E-state index contributed by atoms with van der Waals surface area (Å²) >= 11 is 0. The Morgan fingerprint density at radius 2 is 0.885 bits per heavy atom. The fourth-order valence-corrected chi connectivity index (χ4v) is 9.53. The summed E-state index contributed by atoms with van der Waals surface area (Å²) in [6.07, 6.45) is 3.67. The first-order valence-electron chi connectivity index (χ1n) is 23.1. The highest BCUT2D eigenvalue weighted by Gasteiger charge is 2.40. The van der Waals surface area contributed by atoms with Crippen molar-refractivity contribution in [1.29, 1.82) is 0 Å². The van der Waals surface area contributed by atoms with Crippen LogP contribution in [0.4, 0.5) is 0 Å². The highest BCUT2D eigenvalue weighted by molar-refractivity contribution is 7.43. The van der Waals surface area contributed by atoms with Crippen LogP contribution in [0.15, 0.2) is 48.5 Å². The van der Waals surface area contributed by atoms with Crippen LogP contribution in [0.3, 0.4) is 0 Å². The number of hydrogen-bond donors (Lipinski definition) is 1. The van der Waals surface area contributed by atoms with Gasteiger partial charge in [0.25, 0.3) is 0 Å². The molecule has 334 valence electrons. The molecule has 0 unspecified atom stereocenters. The minimum atomic E-state index is -2.10. The zero-order valence-corrected chi connectivity index (χ0v) is 43.0. The lowest BCUT2D eigenvalue weighted by Crippen LogP contribution is -2.23. The molecule has 1 aliphatic heterocycles. The van der Waals surface area contributed by atoms with Crippen molar-refractivity contribution < 1.29 is 18.7 Å². The zero-order valence-electron chi connectivity index (χ0n) is 42.1. The smallest absolute Gasteiger partial charge is 0.507 e. The predicted octanol–water partition coefficient (Wildman–Crippen LogP) is 17.3. The molecule has 0 spiro atoms. The summed E-state index contributed by atoms with van der Waals surface area (Å²) in [5, 5.41) is 12.8. The van der Waals surface area contributed by atoms with Crippen LogP contribution in [0.2, 0.25) is 0 Å². The van der Waals surface area contributed by atoms with E-state index in [2.05, 4.69) is 194 Å². The van der Waals surface area contributed by atoms with Gasteiger partial charge in [-0.15, -0.1) is 0 Å². The largest absolute Gasteiger partial charge is 0.530 e.